The number of amides is 3. The smallest absolute Gasteiger partial charge is 0.290 e. The van der Waals surface area contributed by atoms with Gasteiger partial charge in [-0.15, -0.1) is 0 Å². The van der Waals surface area contributed by atoms with Crippen molar-refractivity contribution in [2.45, 2.75) is 52.5 Å². The first-order valence-electron chi connectivity index (χ1n) is 14.9. The van der Waals surface area contributed by atoms with Gasteiger partial charge in [0.2, 0.25) is 11.8 Å². The third kappa shape index (κ3) is 7.63. The summed E-state index contributed by atoms with van der Waals surface area (Å²) < 4.78 is 13.3. The molecule has 1 fully saturated rings. The summed E-state index contributed by atoms with van der Waals surface area (Å²) in [5.74, 6) is 1.27. The lowest BCUT2D eigenvalue weighted by Crippen LogP contribution is -2.39. The minimum atomic E-state index is -0.418. The van der Waals surface area contributed by atoms with E-state index >= 15 is 0 Å². The minimum Gasteiger partial charge on any atom is -0.492 e. The Kier molecular flexibility index (Phi) is 11.1. The van der Waals surface area contributed by atoms with Crippen molar-refractivity contribution in [2.24, 2.45) is 5.92 Å². The summed E-state index contributed by atoms with van der Waals surface area (Å²) in [5.41, 5.74) is 1.94. The van der Waals surface area contributed by atoms with Gasteiger partial charge in [0.05, 0.1) is 18.2 Å². The van der Waals surface area contributed by atoms with Gasteiger partial charge in [0, 0.05) is 63.9 Å². The summed E-state index contributed by atoms with van der Waals surface area (Å²) in [6.07, 6.45) is 5.46. The zero-order valence-electron chi connectivity index (χ0n) is 25.4. The van der Waals surface area contributed by atoms with E-state index in [0.29, 0.717) is 81.5 Å². The first-order chi connectivity index (χ1) is 21.3. The Hall–Kier alpha value is -4.68. The summed E-state index contributed by atoms with van der Waals surface area (Å²) >= 11 is 0. The molecule has 13 nitrogen and oxygen atoms in total. The van der Waals surface area contributed by atoms with Crippen molar-refractivity contribution in [3.63, 3.8) is 0 Å². The van der Waals surface area contributed by atoms with Gasteiger partial charge in [-0.25, -0.2) is 4.98 Å². The van der Waals surface area contributed by atoms with Crippen molar-refractivity contribution in [3.8, 4) is 5.75 Å². The molecule has 2 aliphatic rings. The van der Waals surface area contributed by atoms with Gasteiger partial charge >= 0.3 is 0 Å². The number of hydrogen-bond donors (Lipinski definition) is 2. The minimum absolute atomic E-state index is 0.0425. The molecule has 13 heteroatoms. The molecule has 2 aromatic heterocycles. The predicted octanol–water partition coefficient (Wildman–Crippen LogP) is 2.42. The van der Waals surface area contributed by atoms with Gasteiger partial charge in [-0.2, -0.15) is 0 Å². The summed E-state index contributed by atoms with van der Waals surface area (Å²) in [7, 11) is 0. The second-order valence-electron chi connectivity index (χ2n) is 10.8. The summed E-state index contributed by atoms with van der Waals surface area (Å²) in [6, 6.07) is 7.70. The van der Waals surface area contributed by atoms with Crippen LogP contribution in [0.1, 0.15) is 58.9 Å². The molecule has 5 rings (SSSR count). The molecule has 44 heavy (non-hydrogen) atoms. The first kappa shape index (κ1) is 32.2. The van der Waals surface area contributed by atoms with Crippen LogP contribution in [-0.4, -0.2) is 93.1 Å². The van der Waals surface area contributed by atoms with Crippen molar-refractivity contribution in [1.82, 2.24) is 29.8 Å². The van der Waals surface area contributed by atoms with E-state index in [9.17, 15) is 14.4 Å². The van der Waals surface area contributed by atoms with Gasteiger partial charge < -0.3 is 34.1 Å². The predicted molar refractivity (Wildman–Crippen MR) is 159 cm³/mol. The lowest BCUT2D eigenvalue weighted by molar-refractivity contribution is -0.132. The third-order valence-electron chi connectivity index (χ3n) is 8.05. The standard InChI is InChI=1S/C30H38N6O5.CH2O2/c1-4-26-31-11-14-34(26)13-9-27(37)35-12-6-10-32-29(38)25-19-36(30(39)28-20(2)33-41-21(28)3)18-24(25)22-7-5-8-23(17-22)40-16-15-35;2-1-3/h5,7-8,11,14,17,24-25H,4,6,9-10,12-13,15-16,18-19H2,1-3H3,(H,32,38);1H,(H,2,3)/t24-,25+;/m1./s1. The van der Waals surface area contributed by atoms with Gasteiger partial charge in [-0.3, -0.25) is 19.2 Å². The Morgan fingerprint density at radius 2 is 1.93 bits per heavy atom. The number of aryl methyl sites for hydroxylation is 4. The molecule has 1 aromatic carbocycles. The SMILES string of the molecule is CCc1nccn1CCC(=O)N1CCCNC(=O)[C@H]2CN(C(=O)c3c(C)noc3C)C[C@@H]2c2cccc(c2)OCC1.O=CO. The van der Waals surface area contributed by atoms with Gasteiger partial charge in [-0.1, -0.05) is 24.2 Å². The fourth-order valence-electron chi connectivity index (χ4n) is 5.83. The van der Waals surface area contributed by atoms with E-state index in [4.69, 9.17) is 19.2 Å². The molecule has 0 unspecified atom stereocenters. The number of likely N-dealkylation sites (tertiary alicyclic amines) is 1. The van der Waals surface area contributed by atoms with Crippen LogP contribution in [0.5, 0.6) is 5.75 Å². The Balaban J connectivity index is 0.00000141. The fourth-order valence-corrected chi connectivity index (χ4v) is 5.83. The van der Waals surface area contributed by atoms with Crippen LogP contribution >= 0.6 is 0 Å². The summed E-state index contributed by atoms with van der Waals surface area (Å²) in [4.78, 5) is 56.3. The number of benzene rings is 1. The maximum atomic E-state index is 13.5. The van der Waals surface area contributed by atoms with Gasteiger partial charge in [0.15, 0.2) is 0 Å². The van der Waals surface area contributed by atoms with Crippen molar-refractivity contribution in [1.29, 1.82) is 0 Å². The highest BCUT2D eigenvalue weighted by atomic mass is 16.5. The van der Waals surface area contributed by atoms with Gasteiger partial charge in [0.1, 0.15) is 29.5 Å². The average Bonchev–Trinajstić information content (AvgIpc) is 3.75. The maximum Gasteiger partial charge on any atom is 0.290 e. The molecule has 3 amide bonds. The zero-order valence-corrected chi connectivity index (χ0v) is 25.4. The Bertz CT molecular complexity index is 1430. The second kappa shape index (κ2) is 15.2. The molecular weight excluding hydrogens is 568 g/mol. The Morgan fingerprint density at radius 3 is 2.66 bits per heavy atom. The molecule has 0 radical (unpaired) electrons. The number of imidazole rings is 1. The number of aromatic nitrogens is 3. The highest BCUT2D eigenvalue weighted by Gasteiger charge is 2.41. The molecule has 1 saturated heterocycles. The number of nitrogens with zero attached hydrogens (tertiary/aromatic N) is 5. The molecule has 0 spiro atoms. The lowest BCUT2D eigenvalue weighted by Gasteiger charge is -2.25. The molecule has 2 N–H and O–H groups in total. The largest absolute Gasteiger partial charge is 0.492 e. The van der Waals surface area contributed by atoms with E-state index in [-0.39, 0.29) is 30.1 Å². The second-order valence-corrected chi connectivity index (χ2v) is 10.8. The monoisotopic (exact) mass is 608 g/mol. The molecule has 0 aliphatic carbocycles. The maximum absolute atomic E-state index is 13.5. The van der Waals surface area contributed by atoms with Crippen LogP contribution in [0.25, 0.3) is 0 Å². The van der Waals surface area contributed by atoms with Crippen molar-refractivity contribution in [2.75, 3.05) is 39.3 Å². The number of hydrogen-bond acceptors (Lipinski definition) is 8. The van der Waals surface area contributed by atoms with Crippen LogP contribution in [0.4, 0.5) is 0 Å². The molecule has 3 aromatic rings. The number of ether oxygens (including phenoxy) is 1. The summed E-state index contributed by atoms with van der Waals surface area (Å²) in [6.45, 7) is 8.30. The highest BCUT2D eigenvalue weighted by Crippen LogP contribution is 2.35. The molecule has 236 valence electrons. The summed E-state index contributed by atoms with van der Waals surface area (Å²) in [5, 5.41) is 13.9. The lowest BCUT2D eigenvalue weighted by atomic mass is 9.88. The number of nitrogens with one attached hydrogen (secondary N) is 1. The van der Waals surface area contributed by atoms with Gasteiger partial charge in [-0.05, 0) is 38.0 Å². The van der Waals surface area contributed by atoms with Crippen molar-refractivity contribution < 1.29 is 33.5 Å². The van der Waals surface area contributed by atoms with Crippen LogP contribution < -0.4 is 10.1 Å². The number of carbonyl (C=O) groups excluding carboxylic acids is 3. The number of carboxylic acid groups (broad SMARTS) is 1. The zero-order chi connectivity index (χ0) is 31.6. The first-order valence-corrected chi connectivity index (χ1v) is 14.9. The molecule has 0 saturated carbocycles. The number of rotatable bonds is 5. The van der Waals surface area contributed by atoms with E-state index in [0.717, 1.165) is 17.8 Å². The van der Waals surface area contributed by atoms with Crippen LogP contribution in [-0.2, 0) is 27.3 Å². The van der Waals surface area contributed by atoms with E-state index in [2.05, 4.69) is 15.5 Å². The Labute approximate surface area is 256 Å². The van der Waals surface area contributed by atoms with Crippen LogP contribution in [0.2, 0.25) is 0 Å². The van der Waals surface area contributed by atoms with E-state index in [1.807, 2.05) is 46.9 Å². The quantitative estimate of drug-likeness (QED) is 0.415. The molecular formula is C31H40N6O7. The third-order valence-corrected chi connectivity index (χ3v) is 8.05. The molecule has 2 atom stereocenters. The van der Waals surface area contributed by atoms with Crippen molar-refractivity contribution in [3.05, 3.63) is 65.1 Å². The number of fused-ring (bicyclic) bond motifs is 4. The molecule has 2 bridgehead atoms. The van der Waals surface area contributed by atoms with Crippen LogP contribution in [0, 0.1) is 19.8 Å². The number of carbonyl (C=O) groups is 4. The highest BCUT2D eigenvalue weighted by molar-refractivity contribution is 5.97. The molecule has 4 heterocycles. The average molecular weight is 609 g/mol. The Morgan fingerprint density at radius 1 is 1.16 bits per heavy atom. The molecule has 2 aliphatic heterocycles. The van der Waals surface area contributed by atoms with Crippen LogP contribution in [0.3, 0.4) is 0 Å². The van der Waals surface area contributed by atoms with Gasteiger partial charge in [0.25, 0.3) is 12.4 Å². The normalized spacial score (nSPS) is 18.7. The topological polar surface area (TPSA) is 160 Å². The van der Waals surface area contributed by atoms with Crippen molar-refractivity contribution >= 4 is 24.2 Å². The van der Waals surface area contributed by atoms with E-state index in [1.165, 1.54) is 0 Å². The fraction of sp³-hybridized carbons (Fsp3) is 0.484. The van der Waals surface area contributed by atoms with E-state index in [1.54, 1.807) is 24.9 Å². The van der Waals surface area contributed by atoms with Crippen LogP contribution in [0.15, 0.2) is 41.2 Å². The van der Waals surface area contributed by atoms with E-state index < -0.39 is 5.92 Å².